The van der Waals surface area contributed by atoms with Crippen LogP contribution < -0.4 is 10.6 Å². The van der Waals surface area contributed by atoms with Crippen LogP contribution in [0.25, 0.3) is 0 Å². The topological polar surface area (TPSA) is 68.2 Å². The van der Waals surface area contributed by atoms with Crippen LogP contribution in [0.1, 0.15) is 18.4 Å². The van der Waals surface area contributed by atoms with Crippen LogP contribution in [0, 0.1) is 0 Å². The van der Waals surface area contributed by atoms with Crippen molar-refractivity contribution in [3.8, 4) is 0 Å². The number of anilines is 1. The van der Waals surface area contributed by atoms with Crippen molar-refractivity contribution in [1.82, 2.24) is 15.1 Å². The highest BCUT2D eigenvalue weighted by molar-refractivity contribution is 9.10. The van der Waals surface area contributed by atoms with Crippen molar-refractivity contribution >= 4 is 27.6 Å². The van der Waals surface area contributed by atoms with Gasteiger partial charge in [0.25, 0.3) is 0 Å². The number of rotatable bonds is 6. The lowest BCUT2D eigenvalue weighted by Gasteiger charge is -2.34. The summed E-state index contributed by atoms with van der Waals surface area (Å²) < 4.78 is 8.09. The summed E-state index contributed by atoms with van der Waals surface area (Å²) in [6, 6.07) is 7.95. The van der Waals surface area contributed by atoms with Gasteiger partial charge in [-0.1, -0.05) is 12.1 Å². The molecule has 0 bridgehead atoms. The highest BCUT2D eigenvalue weighted by Gasteiger charge is 2.29. The van der Waals surface area contributed by atoms with Crippen molar-refractivity contribution in [2.24, 2.45) is 0 Å². The minimum Gasteiger partial charge on any atom is -0.381 e. The smallest absolute Gasteiger partial charge is 0.319 e. The number of benzene rings is 1. The van der Waals surface area contributed by atoms with Gasteiger partial charge in [0, 0.05) is 31.6 Å². The first kappa shape index (κ1) is 17.0. The maximum Gasteiger partial charge on any atom is 0.319 e. The summed E-state index contributed by atoms with van der Waals surface area (Å²) in [5, 5.41) is 10.0. The molecule has 1 aromatic heterocycles. The molecule has 0 unspecified atom stereocenters. The van der Waals surface area contributed by atoms with Crippen LogP contribution >= 0.6 is 15.9 Å². The second kappa shape index (κ2) is 7.81. The molecule has 2 amide bonds. The van der Waals surface area contributed by atoms with Gasteiger partial charge in [0.05, 0.1) is 16.8 Å². The first-order chi connectivity index (χ1) is 11.6. The number of carbonyl (C=O) groups is 1. The lowest BCUT2D eigenvalue weighted by Crippen LogP contribution is -2.48. The first-order valence-corrected chi connectivity index (χ1v) is 8.79. The molecule has 1 aliphatic rings. The minimum absolute atomic E-state index is 0.163. The first-order valence-electron chi connectivity index (χ1n) is 7.99. The SMILES string of the molecule is COC1CC(NC(=O)Nc2ccc(CCn3cc(Br)cn3)cc2)C1. The fourth-order valence-electron chi connectivity index (χ4n) is 2.69. The largest absolute Gasteiger partial charge is 0.381 e. The summed E-state index contributed by atoms with van der Waals surface area (Å²) in [4.78, 5) is 11.9. The molecule has 24 heavy (non-hydrogen) atoms. The highest BCUT2D eigenvalue weighted by atomic mass is 79.9. The number of urea groups is 1. The van der Waals surface area contributed by atoms with E-state index in [0.29, 0.717) is 0 Å². The molecule has 128 valence electrons. The number of methoxy groups -OCH3 is 1. The number of hydrogen-bond acceptors (Lipinski definition) is 3. The Morgan fingerprint density at radius 2 is 2.12 bits per heavy atom. The fraction of sp³-hybridized carbons (Fsp3) is 0.412. The molecule has 1 saturated carbocycles. The van der Waals surface area contributed by atoms with Gasteiger partial charge in [-0.15, -0.1) is 0 Å². The maximum atomic E-state index is 11.9. The Morgan fingerprint density at radius 3 is 2.75 bits per heavy atom. The van der Waals surface area contributed by atoms with Gasteiger partial charge in [-0.25, -0.2) is 4.79 Å². The average Bonchev–Trinajstić information content (AvgIpc) is 2.95. The number of carbonyl (C=O) groups excluding carboxylic acids is 1. The van der Waals surface area contributed by atoms with Gasteiger partial charge >= 0.3 is 6.03 Å². The third-order valence-corrected chi connectivity index (χ3v) is 4.62. The zero-order valence-corrected chi connectivity index (χ0v) is 15.1. The molecular formula is C17H21BrN4O2. The predicted molar refractivity (Wildman–Crippen MR) is 96.0 cm³/mol. The van der Waals surface area contributed by atoms with E-state index in [1.807, 2.05) is 35.1 Å². The Labute approximate surface area is 149 Å². The fourth-order valence-corrected chi connectivity index (χ4v) is 3.02. The number of ether oxygens (including phenoxy) is 1. The van der Waals surface area contributed by atoms with Crippen LogP contribution in [0.3, 0.4) is 0 Å². The zero-order valence-electron chi connectivity index (χ0n) is 13.5. The van der Waals surface area contributed by atoms with Gasteiger partial charge in [0.15, 0.2) is 0 Å². The quantitative estimate of drug-likeness (QED) is 0.792. The molecule has 2 N–H and O–H groups in total. The number of aromatic nitrogens is 2. The number of nitrogens with one attached hydrogen (secondary N) is 2. The molecule has 0 saturated heterocycles. The lowest BCUT2D eigenvalue weighted by atomic mass is 9.89. The number of amides is 2. The van der Waals surface area contributed by atoms with E-state index in [1.165, 1.54) is 5.56 Å². The lowest BCUT2D eigenvalue weighted by molar-refractivity contribution is 0.0210. The van der Waals surface area contributed by atoms with Crippen molar-refractivity contribution in [1.29, 1.82) is 0 Å². The summed E-state index contributed by atoms with van der Waals surface area (Å²) in [6.07, 6.45) is 6.67. The van der Waals surface area contributed by atoms with Crippen molar-refractivity contribution in [3.63, 3.8) is 0 Å². The molecule has 1 heterocycles. The second-order valence-electron chi connectivity index (χ2n) is 5.99. The van der Waals surface area contributed by atoms with Gasteiger partial charge < -0.3 is 15.4 Å². The van der Waals surface area contributed by atoms with E-state index in [1.54, 1.807) is 13.3 Å². The van der Waals surface area contributed by atoms with Crippen molar-refractivity contribution in [2.45, 2.75) is 38.0 Å². The van der Waals surface area contributed by atoms with E-state index in [2.05, 4.69) is 31.7 Å². The molecule has 1 aliphatic carbocycles. The molecule has 1 fully saturated rings. The van der Waals surface area contributed by atoms with Crippen molar-refractivity contribution in [3.05, 3.63) is 46.7 Å². The van der Waals surface area contributed by atoms with Crippen LogP contribution in [0.15, 0.2) is 41.1 Å². The Morgan fingerprint density at radius 1 is 1.38 bits per heavy atom. The van der Waals surface area contributed by atoms with E-state index in [4.69, 9.17) is 4.74 Å². The number of aryl methyl sites for hydroxylation is 2. The number of halogens is 1. The van der Waals surface area contributed by atoms with Crippen LogP contribution in [0.2, 0.25) is 0 Å². The summed E-state index contributed by atoms with van der Waals surface area (Å²) in [6.45, 7) is 0.821. The van der Waals surface area contributed by atoms with Gasteiger partial charge in [0.1, 0.15) is 0 Å². The van der Waals surface area contributed by atoms with Crippen LogP contribution in [0.4, 0.5) is 10.5 Å². The Balaban J connectivity index is 1.43. The molecule has 0 radical (unpaired) electrons. The Kier molecular flexibility index (Phi) is 5.52. The van der Waals surface area contributed by atoms with Crippen LogP contribution in [0.5, 0.6) is 0 Å². The molecule has 3 rings (SSSR count). The predicted octanol–water partition coefficient (Wildman–Crippen LogP) is 3.19. The van der Waals surface area contributed by atoms with E-state index in [0.717, 1.165) is 36.0 Å². The Hall–Kier alpha value is -1.86. The minimum atomic E-state index is -0.163. The number of nitrogens with zero attached hydrogens (tertiary/aromatic N) is 2. The van der Waals surface area contributed by atoms with Crippen LogP contribution in [-0.4, -0.2) is 35.1 Å². The summed E-state index contributed by atoms with van der Waals surface area (Å²) in [5.41, 5.74) is 2.00. The molecule has 0 spiro atoms. The molecule has 6 nitrogen and oxygen atoms in total. The molecular weight excluding hydrogens is 372 g/mol. The van der Waals surface area contributed by atoms with Gasteiger partial charge in [-0.2, -0.15) is 5.10 Å². The normalized spacial score (nSPS) is 19.6. The van der Waals surface area contributed by atoms with Crippen molar-refractivity contribution < 1.29 is 9.53 Å². The summed E-state index contributed by atoms with van der Waals surface area (Å²) in [5.74, 6) is 0. The zero-order chi connectivity index (χ0) is 16.9. The van der Waals surface area contributed by atoms with E-state index < -0.39 is 0 Å². The van der Waals surface area contributed by atoms with E-state index in [9.17, 15) is 4.79 Å². The third kappa shape index (κ3) is 4.58. The van der Waals surface area contributed by atoms with Crippen molar-refractivity contribution in [2.75, 3.05) is 12.4 Å². The summed E-state index contributed by atoms with van der Waals surface area (Å²) in [7, 11) is 1.70. The van der Waals surface area contributed by atoms with Gasteiger partial charge in [-0.05, 0) is 52.9 Å². The number of hydrogen-bond donors (Lipinski definition) is 2. The molecule has 7 heteroatoms. The second-order valence-corrected chi connectivity index (χ2v) is 6.91. The highest BCUT2D eigenvalue weighted by Crippen LogP contribution is 2.22. The monoisotopic (exact) mass is 392 g/mol. The third-order valence-electron chi connectivity index (χ3n) is 4.21. The summed E-state index contributed by atoms with van der Waals surface area (Å²) >= 11 is 3.39. The molecule has 2 aromatic rings. The van der Waals surface area contributed by atoms with Gasteiger partial charge in [0.2, 0.25) is 0 Å². The average molecular weight is 393 g/mol. The van der Waals surface area contributed by atoms with E-state index >= 15 is 0 Å². The molecule has 0 aliphatic heterocycles. The Bertz CT molecular complexity index is 680. The van der Waals surface area contributed by atoms with Crippen LogP contribution in [-0.2, 0) is 17.7 Å². The maximum absolute atomic E-state index is 11.9. The van der Waals surface area contributed by atoms with E-state index in [-0.39, 0.29) is 18.2 Å². The molecule has 1 aromatic carbocycles. The van der Waals surface area contributed by atoms with Gasteiger partial charge in [-0.3, -0.25) is 4.68 Å². The standard InChI is InChI=1S/C17H21BrN4O2/c1-24-16-8-15(9-16)21-17(23)20-14-4-2-12(3-5-14)6-7-22-11-13(18)10-19-22/h2-5,10-11,15-16H,6-9H2,1H3,(H2,20,21,23). The molecule has 0 atom stereocenters.